The van der Waals surface area contributed by atoms with Crippen LogP contribution in [-0.2, 0) is 0 Å². The van der Waals surface area contributed by atoms with Gasteiger partial charge >= 0.3 is 0 Å². The van der Waals surface area contributed by atoms with E-state index in [-0.39, 0.29) is 5.56 Å². The second kappa shape index (κ2) is 4.98. The van der Waals surface area contributed by atoms with Crippen LogP contribution in [0.4, 0.5) is 15.8 Å². The lowest BCUT2D eigenvalue weighted by Gasteiger charge is -2.09. The molecule has 0 aliphatic rings. The van der Waals surface area contributed by atoms with Crippen molar-refractivity contribution in [3.05, 3.63) is 66.1 Å². The molecule has 2 aromatic carbocycles. The average molecular weight is 263 g/mol. The fourth-order valence-corrected chi connectivity index (χ4v) is 2.05. The Bertz CT molecular complexity index is 821. The van der Waals surface area contributed by atoms with Gasteiger partial charge in [0, 0.05) is 17.3 Å². The molecule has 0 unspecified atom stereocenters. The highest BCUT2D eigenvalue weighted by Crippen LogP contribution is 2.24. The van der Waals surface area contributed by atoms with Crippen molar-refractivity contribution in [2.24, 2.45) is 0 Å². The minimum absolute atomic E-state index is 0.0128. The van der Waals surface area contributed by atoms with Crippen LogP contribution in [0.25, 0.3) is 10.9 Å². The van der Waals surface area contributed by atoms with E-state index in [0.29, 0.717) is 5.69 Å². The largest absolute Gasteiger partial charge is 0.354 e. The molecule has 0 aliphatic heterocycles. The van der Waals surface area contributed by atoms with Crippen molar-refractivity contribution in [3.63, 3.8) is 0 Å². The van der Waals surface area contributed by atoms with Gasteiger partial charge < -0.3 is 5.32 Å². The lowest BCUT2D eigenvalue weighted by molar-refractivity contribution is 0.624. The topological polar surface area (TPSA) is 48.7 Å². The molecule has 0 amide bonds. The summed E-state index contributed by atoms with van der Waals surface area (Å²) >= 11 is 0. The van der Waals surface area contributed by atoms with Crippen LogP contribution in [0.5, 0.6) is 0 Å². The minimum Gasteiger partial charge on any atom is -0.354 e. The van der Waals surface area contributed by atoms with E-state index in [1.165, 1.54) is 6.07 Å². The zero-order chi connectivity index (χ0) is 13.9. The SMILES string of the molecule is N#Cc1c(F)cccc1Nc1ccc2ncccc2c1. The van der Waals surface area contributed by atoms with Crippen molar-refractivity contribution >= 4 is 22.3 Å². The molecule has 96 valence electrons. The van der Waals surface area contributed by atoms with Crippen LogP contribution < -0.4 is 5.32 Å². The summed E-state index contributed by atoms with van der Waals surface area (Å²) in [4.78, 5) is 4.24. The summed E-state index contributed by atoms with van der Waals surface area (Å²) in [6.45, 7) is 0. The molecule has 0 saturated heterocycles. The van der Waals surface area contributed by atoms with Crippen LogP contribution in [0.1, 0.15) is 5.56 Å². The van der Waals surface area contributed by atoms with Gasteiger partial charge in [0.15, 0.2) is 0 Å². The van der Waals surface area contributed by atoms with E-state index in [4.69, 9.17) is 5.26 Å². The number of anilines is 2. The van der Waals surface area contributed by atoms with Gasteiger partial charge in [0.2, 0.25) is 0 Å². The maximum Gasteiger partial charge on any atom is 0.143 e. The highest BCUT2D eigenvalue weighted by Gasteiger charge is 2.07. The van der Waals surface area contributed by atoms with E-state index >= 15 is 0 Å². The quantitative estimate of drug-likeness (QED) is 0.760. The maximum absolute atomic E-state index is 13.5. The van der Waals surface area contributed by atoms with Gasteiger partial charge in [-0.15, -0.1) is 0 Å². The van der Waals surface area contributed by atoms with Gasteiger partial charge in [-0.3, -0.25) is 4.98 Å². The number of benzene rings is 2. The van der Waals surface area contributed by atoms with Crippen LogP contribution >= 0.6 is 0 Å². The first-order chi connectivity index (χ1) is 9.78. The zero-order valence-electron chi connectivity index (χ0n) is 10.5. The van der Waals surface area contributed by atoms with E-state index in [0.717, 1.165) is 16.6 Å². The number of halogens is 1. The molecule has 4 heteroatoms. The number of hydrogen-bond acceptors (Lipinski definition) is 3. The molecule has 0 atom stereocenters. The molecular weight excluding hydrogens is 253 g/mol. The Hall–Kier alpha value is -2.93. The molecule has 3 aromatic rings. The second-order valence-electron chi connectivity index (χ2n) is 4.31. The Labute approximate surface area is 115 Å². The lowest BCUT2D eigenvalue weighted by atomic mass is 10.1. The van der Waals surface area contributed by atoms with E-state index in [1.807, 2.05) is 36.4 Å². The van der Waals surface area contributed by atoms with Gasteiger partial charge in [0.25, 0.3) is 0 Å². The Kier molecular flexibility index (Phi) is 3.02. The van der Waals surface area contributed by atoms with Crippen molar-refractivity contribution in [3.8, 4) is 6.07 Å². The van der Waals surface area contributed by atoms with E-state index in [9.17, 15) is 4.39 Å². The van der Waals surface area contributed by atoms with Crippen molar-refractivity contribution in [2.75, 3.05) is 5.32 Å². The first kappa shape index (κ1) is 12.1. The number of aromatic nitrogens is 1. The molecule has 0 bridgehead atoms. The summed E-state index contributed by atoms with van der Waals surface area (Å²) in [5.74, 6) is -0.528. The lowest BCUT2D eigenvalue weighted by Crippen LogP contribution is -1.96. The second-order valence-corrected chi connectivity index (χ2v) is 4.31. The molecule has 1 heterocycles. The fraction of sp³-hybridized carbons (Fsp3) is 0. The molecular formula is C16H10FN3. The van der Waals surface area contributed by atoms with Gasteiger partial charge in [-0.2, -0.15) is 5.26 Å². The van der Waals surface area contributed by atoms with Crippen LogP contribution in [-0.4, -0.2) is 4.98 Å². The van der Waals surface area contributed by atoms with Crippen molar-refractivity contribution in [1.29, 1.82) is 5.26 Å². The smallest absolute Gasteiger partial charge is 0.143 e. The first-order valence-corrected chi connectivity index (χ1v) is 6.08. The third-order valence-electron chi connectivity index (χ3n) is 3.01. The minimum atomic E-state index is -0.528. The van der Waals surface area contributed by atoms with E-state index in [1.54, 1.807) is 18.3 Å². The number of fused-ring (bicyclic) bond motifs is 1. The van der Waals surface area contributed by atoms with Gasteiger partial charge in [-0.25, -0.2) is 4.39 Å². The summed E-state index contributed by atoms with van der Waals surface area (Å²) in [7, 11) is 0. The Morgan fingerprint density at radius 2 is 2.00 bits per heavy atom. The predicted molar refractivity (Wildman–Crippen MR) is 76.1 cm³/mol. The van der Waals surface area contributed by atoms with Gasteiger partial charge in [-0.05, 0) is 36.4 Å². The molecule has 0 radical (unpaired) electrons. The van der Waals surface area contributed by atoms with E-state index < -0.39 is 5.82 Å². The van der Waals surface area contributed by atoms with Crippen molar-refractivity contribution < 1.29 is 4.39 Å². The van der Waals surface area contributed by atoms with Gasteiger partial charge in [0.05, 0.1) is 11.2 Å². The molecule has 3 nitrogen and oxygen atoms in total. The maximum atomic E-state index is 13.5. The van der Waals surface area contributed by atoms with Crippen LogP contribution in [0.15, 0.2) is 54.7 Å². The molecule has 1 aromatic heterocycles. The normalized spacial score (nSPS) is 10.2. The fourth-order valence-electron chi connectivity index (χ4n) is 2.05. The molecule has 0 spiro atoms. The number of hydrogen-bond donors (Lipinski definition) is 1. The number of pyridine rings is 1. The highest BCUT2D eigenvalue weighted by atomic mass is 19.1. The van der Waals surface area contributed by atoms with Crippen LogP contribution in [0, 0.1) is 17.1 Å². The summed E-state index contributed by atoms with van der Waals surface area (Å²) in [6, 6.07) is 15.8. The number of nitrogens with zero attached hydrogens (tertiary/aromatic N) is 2. The summed E-state index contributed by atoms with van der Waals surface area (Å²) in [6.07, 6.45) is 1.73. The third-order valence-corrected chi connectivity index (χ3v) is 3.01. The molecule has 0 aliphatic carbocycles. The van der Waals surface area contributed by atoms with Gasteiger partial charge in [0.1, 0.15) is 17.4 Å². The Balaban J connectivity index is 2.02. The number of nitriles is 1. The molecule has 20 heavy (non-hydrogen) atoms. The highest BCUT2D eigenvalue weighted by molar-refractivity contribution is 5.83. The molecule has 1 N–H and O–H groups in total. The zero-order valence-corrected chi connectivity index (χ0v) is 10.5. The Morgan fingerprint density at radius 1 is 1.10 bits per heavy atom. The third kappa shape index (κ3) is 2.17. The number of nitrogens with one attached hydrogen (secondary N) is 1. The summed E-state index contributed by atoms with van der Waals surface area (Å²) < 4.78 is 13.5. The van der Waals surface area contributed by atoms with Crippen molar-refractivity contribution in [2.45, 2.75) is 0 Å². The Morgan fingerprint density at radius 3 is 2.85 bits per heavy atom. The summed E-state index contributed by atoms with van der Waals surface area (Å²) in [5.41, 5.74) is 2.14. The van der Waals surface area contributed by atoms with Crippen LogP contribution in [0.3, 0.4) is 0 Å². The first-order valence-electron chi connectivity index (χ1n) is 6.08. The van der Waals surface area contributed by atoms with Crippen molar-refractivity contribution in [1.82, 2.24) is 4.98 Å². The number of rotatable bonds is 2. The molecule has 3 rings (SSSR count). The summed E-state index contributed by atoms with van der Waals surface area (Å²) in [5, 5.41) is 13.1. The molecule has 0 saturated carbocycles. The monoisotopic (exact) mass is 263 g/mol. The van der Waals surface area contributed by atoms with E-state index in [2.05, 4.69) is 10.3 Å². The molecule has 0 fully saturated rings. The van der Waals surface area contributed by atoms with Crippen LogP contribution in [0.2, 0.25) is 0 Å². The predicted octanol–water partition coefficient (Wildman–Crippen LogP) is 3.99. The average Bonchev–Trinajstić information content (AvgIpc) is 2.47. The van der Waals surface area contributed by atoms with Gasteiger partial charge in [-0.1, -0.05) is 12.1 Å². The standard InChI is InChI=1S/C16H10FN3/c17-14-4-1-5-16(13(14)10-18)20-12-6-7-15-11(9-12)3-2-8-19-15/h1-9,20H.